The first kappa shape index (κ1) is 15.0. The Bertz CT molecular complexity index is 674. The van der Waals surface area contributed by atoms with E-state index in [4.69, 9.17) is 13.7 Å². The summed E-state index contributed by atoms with van der Waals surface area (Å²) in [6, 6.07) is 4.92. The van der Waals surface area contributed by atoms with Gasteiger partial charge in [0.1, 0.15) is 5.76 Å². The lowest BCUT2D eigenvalue weighted by Crippen LogP contribution is -2.19. The van der Waals surface area contributed by atoms with Gasteiger partial charge >= 0.3 is 5.97 Å². The highest BCUT2D eigenvalue weighted by atomic mass is 79.9. The first-order chi connectivity index (χ1) is 10.0. The number of rotatable bonds is 5. The van der Waals surface area contributed by atoms with Gasteiger partial charge in [0.25, 0.3) is 5.91 Å². The molecule has 0 fully saturated rings. The molecule has 0 unspecified atom stereocenters. The monoisotopic (exact) mass is 354 g/mol. The van der Waals surface area contributed by atoms with Crippen molar-refractivity contribution in [1.29, 1.82) is 0 Å². The molecule has 2 aromatic rings. The molecular weight excluding hydrogens is 344 g/mol. The third-order valence-corrected chi connectivity index (χ3v) is 2.64. The number of nitrogens with zero attached hydrogens (tertiary/aromatic N) is 1. The molecule has 0 aliphatic rings. The van der Waals surface area contributed by atoms with Crippen LogP contribution in [0.1, 0.15) is 11.5 Å². The van der Waals surface area contributed by atoms with Crippen LogP contribution in [0.4, 0.5) is 5.88 Å². The summed E-state index contributed by atoms with van der Waals surface area (Å²) in [5.74, 6) is -0.495. The number of nitrogens with one attached hydrogen (secondary N) is 1. The number of amides is 1. The summed E-state index contributed by atoms with van der Waals surface area (Å²) in [4.78, 5) is 22.9. The van der Waals surface area contributed by atoms with Crippen molar-refractivity contribution in [2.75, 3.05) is 11.9 Å². The molecule has 0 spiro atoms. The van der Waals surface area contributed by atoms with Crippen LogP contribution in [0.3, 0.4) is 0 Å². The molecule has 0 radical (unpaired) electrons. The van der Waals surface area contributed by atoms with E-state index in [1.54, 1.807) is 25.1 Å². The van der Waals surface area contributed by atoms with Crippen LogP contribution in [-0.4, -0.2) is 23.6 Å². The Labute approximate surface area is 128 Å². The summed E-state index contributed by atoms with van der Waals surface area (Å²) < 4.78 is 15.3. The molecule has 7 nitrogen and oxygen atoms in total. The van der Waals surface area contributed by atoms with Crippen LogP contribution in [0.5, 0.6) is 0 Å². The molecule has 0 aliphatic heterocycles. The van der Waals surface area contributed by atoms with Crippen LogP contribution < -0.4 is 5.32 Å². The van der Waals surface area contributed by atoms with Gasteiger partial charge in [0.2, 0.25) is 5.88 Å². The number of anilines is 1. The SMILES string of the molecule is Cc1cc(NC(=O)COC(=O)/C=C/c2ccc(Br)o2)on1. The van der Waals surface area contributed by atoms with Crippen LogP contribution in [0.2, 0.25) is 0 Å². The fourth-order valence-electron chi connectivity index (χ4n) is 1.35. The van der Waals surface area contributed by atoms with E-state index in [0.29, 0.717) is 16.1 Å². The van der Waals surface area contributed by atoms with E-state index >= 15 is 0 Å². The minimum Gasteiger partial charge on any atom is -0.452 e. The molecular formula is C13H11BrN2O5. The van der Waals surface area contributed by atoms with Gasteiger partial charge in [-0.25, -0.2) is 4.79 Å². The molecule has 1 amide bonds. The summed E-state index contributed by atoms with van der Waals surface area (Å²) in [5, 5.41) is 6.01. The summed E-state index contributed by atoms with van der Waals surface area (Å²) >= 11 is 3.14. The van der Waals surface area contributed by atoms with Crippen LogP contribution in [0, 0.1) is 6.92 Å². The maximum Gasteiger partial charge on any atom is 0.331 e. The molecule has 2 aromatic heterocycles. The van der Waals surface area contributed by atoms with E-state index < -0.39 is 18.5 Å². The van der Waals surface area contributed by atoms with E-state index in [0.717, 1.165) is 6.08 Å². The van der Waals surface area contributed by atoms with E-state index in [2.05, 4.69) is 26.4 Å². The zero-order valence-corrected chi connectivity index (χ0v) is 12.5. The minimum absolute atomic E-state index is 0.199. The quantitative estimate of drug-likeness (QED) is 0.654. The number of hydrogen-bond donors (Lipinski definition) is 1. The zero-order chi connectivity index (χ0) is 15.2. The maximum absolute atomic E-state index is 11.5. The van der Waals surface area contributed by atoms with Crippen molar-refractivity contribution >= 4 is 39.8 Å². The molecule has 1 N–H and O–H groups in total. The first-order valence-electron chi connectivity index (χ1n) is 5.86. The number of furan rings is 1. The number of esters is 1. The van der Waals surface area contributed by atoms with E-state index in [1.807, 2.05) is 0 Å². The van der Waals surface area contributed by atoms with Crippen molar-refractivity contribution in [3.05, 3.63) is 40.4 Å². The number of aromatic nitrogens is 1. The largest absolute Gasteiger partial charge is 0.452 e. The molecule has 0 saturated carbocycles. The average molecular weight is 355 g/mol. The number of ether oxygens (including phenoxy) is 1. The van der Waals surface area contributed by atoms with Gasteiger partial charge in [0, 0.05) is 12.1 Å². The molecule has 110 valence electrons. The number of carbonyl (C=O) groups is 2. The smallest absolute Gasteiger partial charge is 0.331 e. The third-order valence-electron chi connectivity index (χ3n) is 2.21. The normalized spacial score (nSPS) is 10.8. The number of carbonyl (C=O) groups excluding carboxylic acids is 2. The van der Waals surface area contributed by atoms with Crippen molar-refractivity contribution in [3.63, 3.8) is 0 Å². The highest BCUT2D eigenvalue weighted by Gasteiger charge is 2.08. The van der Waals surface area contributed by atoms with Crippen molar-refractivity contribution in [2.24, 2.45) is 0 Å². The number of hydrogen-bond acceptors (Lipinski definition) is 6. The second-order valence-electron chi connectivity index (χ2n) is 3.96. The lowest BCUT2D eigenvalue weighted by Gasteiger charge is -2.01. The second kappa shape index (κ2) is 6.89. The molecule has 0 atom stereocenters. The molecule has 0 aliphatic carbocycles. The molecule has 8 heteroatoms. The fourth-order valence-corrected chi connectivity index (χ4v) is 1.67. The maximum atomic E-state index is 11.5. The van der Waals surface area contributed by atoms with Gasteiger partial charge in [-0.05, 0) is 41.1 Å². The molecule has 2 heterocycles. The van der Waals surface area contributed by atoms with Gasteiger partial charge < -0.3 is 13.7 Å². The Morgan fingerprint density at radius 2 is 2.29 bits per heavy atom. The molecule has 0 saturated heterocycles. The lowest BCUT2D eigenvalue weighted by molar-refractivity contribution is -0.142. The Balaban J connectivity index is 1.75. The Morgan fingerprint density at radius 1 is 1.48 bits per heavy atom. The first-order valence-corrected chi connectivity index (χ1v) is 6.65. The van der Waals surface area contributed by atoms with Gasteiger partial charge in [-0.3, -0.25) is 10.1 Å². The Hall–Kier alpha value is -2.35. The van der Waals surface area contributed by atoms with Gasteiger partial charge in [0.05, 0.1) is 5.69 Å². The lowest BCUT2D eigenvalue weighted by atomic mass is 10.4. The Morgan fingerprint density at radius 3 is 2.90 bits per heavy atom. The summed E-state index contributed by atoms with van der Waals surface area (Å²) in [5.41, 5.74) is 0.634. The molecule has 21 heavy (non-hydrogen) atoms. The molecule has 0 aromatic carbocycles. The zero-order valence-electron chi connectivity index (χ0n) is 11.0. The van der Waals surface area contributed by atoms with Gasteiger partial charge in [-0.2, -0.15) is 0 Å². The standard InChI is InChI=1S/C13H11BrN2O5/c1-8-6-12(21-16-8)15-11(17)7-19-13(18)5-3-9-2-4-10(14)20-9/h2-6H,7H2,1H3,(H,15,17)/b5-3+. The van der Waals surface area contributed by atoms with Crippen molar-refractivity contribution in [2.45, 2.75) is 6.92 Å². The van der Waals surface area contributed by atoms with Gasteiger partial charge in [-0.1, -0.05) is 5.16 Å². The predicted molar refractivity (Wildman–Crippen MR) is 76.3 cm³/mol. The van der Waals surface area contributed by atoms with E-state index in [1.165, 1.54) is 6.08 Å². The minimum atomic E-state index is -0.661. The van der Waals surface area contributed by atoms with Crippen molar-refractivity contribution in [3.8, 4) is 0 Å². The van der Waals surface area contributed by atoms with Crippen LogP contribution in [0.25, 0.3) is 6.08 Å². The van der Waals surface area contributed by atoms with E-state index in [9.17, 15) is 9.59 Å². The number of aryl methyl sites for hydroxylation is 1. The van der Waals surface area contributed by atoms with Crippen LogP contribution >= 0.6 is 15.9 Å². The van der Waals surface area contributed by atoms with Crippen molar-refractivity contribution in [1.82, 2.24) is 5.16 Å². The number of halogens is 1. The third kappa shape index (κ3) is 4.92. The molecule has 0 bridgehead atoms. The van der Waals surface area contributed by atoms with Crippen molar-refractivity contribution < 1.29 is 23.3 Å². The highest BCUT2D eigenvalue weighted by molar-refractivity contribution is 9.10. The predicted octanol–water partition coefficient (Wildman–Crippen LogP) is 2.53. The van der Waals surface area contributed by atoms with Gasteiger partial charge in [-0.15, -0.1) is 0 Å². The molecule has 2 rings (SSSR count). The van der Waals surface area contributed by atoms with E-state index in [-0.39, 0.29) is 5.88 Å². The fraction of sp³-hybridized carbons (Fsp3) is 0.154. The van der Waals surface area contributed by atoms with Crippen LogP contribution in [-0.2, 0) is 14.3 Å². The average Bonchev–Trinajstić information content (AvgIpc) is 3.03. The van der Waals surface area contributed by atoms with Crippen LogP contribution in [0.15, 0.2) is 37.9 Å². The summed E-state index contributed by atoms with van der Waals surface area (Å²) in [6.07, 6.45) is 2.60. The van der Waals surface area contributed by atoms with Gasteiger partial charge in [0.15, 0.2) is 11.3 Å². The summed E-state index contributed by atoms with van der Waals surface area (Å²) in [7, 11) is 0. The Kier molecular flexibility index (Phi) is 4.94. The topological polar surface area (TPSA) is 94.6 Å². The highest BCUT2D eigenvalue weighted by Crippen LogP contribution is 2.15. The second-order valence-corrected chi connectivity index (χ2v) is 4.75. The summed E-state index contributed by atoms with van der Waals surface area (Å²) in [6.45, 7) is 1.29.